The van der Waals surface area contributed by atoms with Crippen LogP contribution in [-0.4, -0.2) is 64.7 Å². The van der Waals surface area contributed by atoms with Gasteiger partial charge in [0, 0.05) is 51.1 Å². The number of sulfone groups is 1. The lowest BCUT2D eigenvalue weighted by atomic mass is 9.80. The number of piperidine rings is 1. The molecule has 3 aromatic carbocycles. The second-order valence-corrected chi connectivity index (χ2v) is 13.9. The van der Waals surface area contributed by atoms with Crippen molar-refractivity contribution in [3.63, 3.8) is 0 Å². The Morgan fingerprint density at radius 2 is 1.57 bits per heavy atom. The molecule has 0 spiro atoms. The molecule has 2 aliphatic rings. The highest BCUT2D eigenvalue weighted by Crippen LogP contribution is 2.33. The Kier molecular flexibility index (Phi) is 8.60. The van der Waals surface area contributed by atoms with E-state index in [1.165, 1.54) is 17.4 Å². The molecule has 1 amide bonds. The second-order valence-electron chi connectivity index (χ2n) is 11.9. The molecule has 2 saturated heterocycles. The minimum absolute atomic E-state index is 0.0424. The highest BCUT2D eigenvalue weighted by atomic mass is 32.2. The Bertz CT molecular complexity index is 1620. The normalized spacial score (nSPS) is 19.5. The molecule has 2 fully saturated rings. The third-order valence-electron chi connectivity index (χ3n) is 9.02. The van der Waals surface area contributed by atoms with Gasteiger partial charge in [-0.25, -0.2) is 8.42 Å². The number of anilines is 2. The van der Waals surface area contributed by atoms with E-state index in [1.807, 2.05) is 48.2 Å². The van der Waals surface area contributed by atoms with E-state index in [9.17, 15) is 18.5 Å². The van der Waals surface area contributed by atoms with Gasteiger partial charge in [0.1, 0.15) is 6.07 Å². The van der Waals surface area contributed by atoms with Gasteiger partial charge in [-0.3, -0.25) is 4.79 Å². The molecule has 8 heteroatoms. The number of carbonyl (C=O) groups excluding carboxylic acids is 1. The fourth-order valence-corrected chi connectivity index (χ4v) is 7.45. The number of amides is 1. The van der Waals surface area contributed by atoms with Crippen LogP contribution >= 0.6 is 0 Å². The van der Waals surface area contributed by atoms with Crippen LogP contribution < -0.4 is 9.80 Å². The molecule has 5 rings (SSSR count). The summed E-state index contributed by atoms with van der Waals surface area (Å²) < 4.78 is 24.6. The van der Waals surface area contributed by atoms with Crippen LogP contribution in [0.1, 0.15) is 46.0 Å². The van der Waals surface area contributed by atoms with Crippen molar-refractivity contribution in [2.75, 3.05) is 55.3 Å². The molecule has 0 radical (unpaired) electrons. The minimum Gasteiger partial charge on any atom is -0.370 e. The predicted molar refractivity (Wildman–Crippen MR) is 168 cm³/mol. The fraction of sp³-hybridized carbons (Fsp3) is 0.412. The Morgan fingerprint density at radius 1 is 0.905 bits per heavy atom. The summed E-state index contributed by atoms with van der Waals surface area (Å²) in [4.78, 5) is 20.4. The molecular formula is C34H40N4O3S. The van der Waals surface area contributed by atoms with Crippen molar-refractivity contribution in [3.05, 3.63) is 88.5 Å². The van der Waals surface area contributed by atoms with E-state index in [0.717, 1.165) is 48.3 Å². The molecule has 0 bridgehead atoms. The quantitative estimate of drug-likeness (QED) is 0.394. The van der Waals surface area contributed by atoms with Crippen molar-refractivity contribution in [2.45, 2.75) is 38.5 Å². The summed E-state index contributed by atoms with van der Waals surface area (Å²) in [6, 6.07) is 21.5. The van der Waals surface area contributed by atoms with Crippen molar-refractivity contribution in [2.24, 2.45) is 11.8 Å². The van der Waals surface area contributed by atoms with Crippen LogP contribution in [0.3, 0.4) is 0 Å². The average Bonchev–Trinajstić information content (AvgIpc) is 2.98. The zero-order chi connectivity index (χ0) is 30.0. The standard InChI is InChI=1S/C34H40N4O3S/c1-24-19-25(2)30(34(39)37-17-15-36(16-18-37)32-11-7-8-12-33(32)42(4,40)41)21-29(24)20-27-13-14-38(23-26(27)3)31-10-6-5-9-28(31)22-35/h5-12,19,21,26-27H,13-18,20,23H2,1-4H3. The van der Waals surface area contributed by atoms with E-state index in [2.05, 4.69) is 41.8 Å². The van der Waals surface area contributed by atoms with Gasteiger partial charge in [0.05, 0.1) is 21.8 Å². The molecule has 0 aromatic heterocycles. The minimum atomic E-state index is -3.34. The molecule has 2 atom stereocenters. The zero-order valence-electron chi connectivity index (χ0n) is 25.0. The van der Waals surface area contributed by atoms with Gasteiger partial charge in [-0.2, -0.15) is 5.26 Å². The molecule has 2 heterocycles. The summed E-state index contributed by atoms with van der Waals surface area (Å²) >= 11 is 0. The SMILES string of the molecule is Cc1cc(C)c(C(=O)N2CCN(c3ccccc3S(C)(=O)=O)CC2)cc1CC1CCN(c2ccccc2C#N)CC1C. The first-order chi connectivity index (χ1) is 20.1. The smallest absolute Gasteiger partial charge is 0.254 e. The fourth-order valence-electron chi connectivity index (χ4n) is 6.54. The van der Waals surface area contributed by atoms with Gasteiger partial charge in [-0.05, 0) is 85.5 Å². The van der Waals surface area contributed by atoms with E-state index >= 15 is 0 Å². The summed E-state index contributed by atoms with van der Waals surface area (Å²) in [7, 11) is -3.34. The van der Waals surface area contributed by atoms with Gasteiger partial charge in [0.15, 0.2) is 9.84 Å². The highest BCUT2D eigenvalue weighted by Gasteiger charge is 2.30. The lowest BCUT2D eigenvalue weighted by molar-refractivity contribution is 0.0745. The summed E-state index contributed by atoms with van der Waals surface area (Å²) in [6.45, 7) is 10.5. The van der Waals surface area contributed by atoms with Gasteiger partial charge < -0.3 is 14.7 Å². The summed E-state index contributed by atoms with van der Waals surface area (Å²) in [5, 5.41) is 9.55. The molecule has 2 aliphatic heterocycles. The van der Waals surface area contributed by atoms with Crippen LogP contribution in [-0.2, 0) is 16.3 Å². The number of piperazine rings is 1. The van der Waals surface area contributed by atoms with Crippen LogP contribution in [0.25, 0.3) is 0 Å². The van der Waals surface area contributed by atoms with E-state index < -0.39 is 9.84 Å². The Balaban J connectivity index is 1.26. The number of nitriles is 1. The topological polar surface area (TPSA) is 84.7 Å². The number of benzene rings is 3. The lowest BCUT2D eigenvalue weighted by Crippen LogP contribution is -2.49. The number of aryl methyl sites for hydroxylation is 2. The van der Waals surface area contributed by atoms with Crippen molar-refractivity contribution < 1.29 is 13.2 Å². The number of para-hydroxylation sites is 2. The van der Waals surface area contributed by atoms with Crippen LogP contribution in [0, 0.1) is 37.0 Å². The number of rotatable bonds is 6. The van der Waals surface area contributed by atoms with Crippen LogP contribution in [0.5, 0.6) is 0 Å². The van der Waals surface area contributed by atoms with Gasteiger partial charge in [0.2, 0.25) is 0 Å². The van der Waals surface area contributed by atoms with Crippen molar-refractivity contribution >= 4 is 27.1 Å². The number of carbonyl (C=O) groups is 1. The molecule has 220 valence electrons. The number of hydrogen-bond donors (Lipinski definition) is 0. The van der Waals surface area contributed by atoms with Crippen LogP contribution in [0.2, 0.25) is 0 Å². The molecule has 0 aliphatic carbocycles. The van der Waals surface area contributed by atoms with Gasteiger partial charge in [-0.1, -0.05) is 37.3 Å². The largest absolute Gasteiger partial charge is 0.370 e. The number of hydrogen-bond acceptors (Lipinski definition) is 6. The zero-order valence-corrected chi connectivity index (χ0v) is 25.8. The molecule has 0 N–H and O–H groups in total. The van der Waals surface area contributed by atoms with Gasteiger partial charge in [-0.15, -0.1) is 0 Å². The second kappa shape index (κ2) is 12.2. The summed E-state index contributed by atoms with van der Waals surface area (Å²) in [6.07, 6.45) is 3.20. The van der Waals surface area contributed by atoms with Gasteiger partial charge in [0.25, 0.3) is 5.91 Å². The van der Waals surface area contributed by atoms with E-state index in [0.29, 0.717) is 48.6 Å². The van der Waals surface area contributed by atoms with Crippen molar-refractivity contribution in [1.29, 1.82) is 5.26 Å². The Labute approximate surface area is 250 Å². The lowest BCUT2D eigenvalue weighted by Gasteiger charge is -2.39. The maximum atomic E-state index is 13.7. The molecule has 0 saturated carbocycles. The average molecular weight is 585 g/mol. The Hall–Kier alpha value is -3.83. The van der Waals surface area contributed by atoms with E-state index in [4.69, 9.17) is 0 Å². The molecule has 3 aromatic rings. The molecular weight excluding hydrogens is 544 g/mol. The first kappa shape index (κ1) is 29.7. The molecule has 42 heavy (non-hydrogen) atoms. The first-order valence-electron chi connectivity index (χ1n) is 14.7. The summed E-state index contributed by atoms with van der Waals surface area (Å²) in [5.41, 5.74) is 6.64. The maximum Gasteiger partial charge on any atom is 0.254 e. The third-order valence-corrected chi connectivity index (χ3v) is 10.2. The molecule has 2 unspecified atom stereocenters. The van der Waals surface area contributed by atoms with E-state index in [1.54, 1.807) is 12.1 Å². The number of nitrogens with zero attached hydrogens (tertiary/aromatic N) is 4. The first-order valence-corrected chi connectivity index (χ1v) is 16.6. The third kappa shape index (κ3) is 6.17. The maximum absolute atomic E-state index is 13.7. The van der Waals surface area contributed by atoms with E-state index in [-0.39, 0.29) is 5.91 Å². The molecule has 7 nitrogen and oxygen atoms in total. The van der Waals surface area contributed by atoms with Crippen molar-refractivity contribution in [1.82, 2.24) is 4.90 Å². The Morgan fingerprint density at radius 3 is 2.24 bits per heavy atom. The van der Waals surface area contributed by atoms with Crippen LogP contribution in [0.4, 0.5) is 11.4 Å². The summed E-state index contributed by atoms with van der Waals surface area (Å²) in [5.74, 6) is 0.993. The van der Waals surface area contributed by atoms with Gasteiger partial charge >= 0.3 is 0 Å². The van der Waals surface area contributed by atoms with Crippen LogP contribution in [0.15, 0.2) is 65.6 Å². The monoisotopic (exact) mass is 584 g/mol. The predicted octanol–water partition coefficient (Wildman–Crippen LogP) is 5.25. The highest BCUT2D eigenvalue weighted by molar-refractivity contribution is 7.90. The van der Waals surface area contributed by atoms with Crippen molar-refractivity contribution in [3.8, 4) is 6.07 Å².